The van der Waals surface area contributed by atoms with Crippen LogP contribution in [0.5, 0.6) is 0 Å². The molecular formula is C11H16N6O. The molecule has 0 unspecified atom stereocenters. The van der Waals surface area contributed by atoms with E-state index < -0.39 is 0 Å². The first-order chi connectivity index (χ1) is 8.84. The molecule has 18 heavy (non-hydrogen) atoms. The number of aromatic nitrogens is 5. The summed E-state index contributed by atoms with van der Waals surface area (Å²) in [6.45, 7) is 0.549. The largest absolute Gasteiger partial charge is 0.338 e. The fraction of sp³-hybridized carbons (Fsp3) is 0.636. The van der Waals surface area contributed by atoms with E-state index in [2.05, 4.69) is 25.6 Å². The predicted molar refractivity (Wildman–Crippen MR) is 63.5 cm³/mol. The molecule has 2 heterocycles. The van der Waals surface area contributed by atoms with Crippen molar-refractivity contribution in [3.63, 3.8) is 0 Å². The minimum atomic E-state index is -0.146. The number of hydrogen-bond acceptors (Lipinski definition) is 6. The molecule has 1 fully saturated rings. The molecule has 3 N–H and O–H groups in total. The monoisotopic (exact) mass is 248 g/mol. The second kappa shape index (κ2) is 4.49. The molecule has 1 aliphatic carbocycles. The van der Waals surface area contributed by atoms with Gasteiger partial charge in [0, 0.05) is 6.54 Å². The molecule has 0 radical (unpaired) electrons. The van der Waals surface area contributed by atoms with Gasteiger partial charge in [0.15, 0.2) is 5.69 Å². The average molecular weight is 248 g/mol. The van der Waals surface area contributed by atoms with Crippen molar-refractivity contribution in [3.05, 3.63) is 12.1 Å². The molecule has 0 aliphatic heterocycles. The highest BCUT2D eigenvalue weighted by atomic mass is 16.5. The molecule has 2 aromatic rings. The summed E-state index contributed by atoms with van der Waals surface area (Å²) in [5, 5.41) is 14.2. The van der Waals surface area contributed by atoms with Gasteiger partial charge in [0.2, 0.25) is 11.7 Å². The second-order valence-corrected chi connectivity index (χ2v) is 4.82. The highest BCUT2D eigenvalue weighted by molar-refractivity contribution is 5.45. The van der Waals surface area contributed by atoms with Gasteiger partial charge in [-0.05, 0) is 12.8 Å². The molecular weight excluding hydrogens is 232 g/mol. The van der Waals surface area contributed by atoms with E-state index in [0.717, 1.165) is 12.8 Å². The number of hydrogen-bond donors (Lipinski definition) is 2. The quantitative estimate of drug-likeness (QED) is 0.839. The van der Waals surface area contributed by atoms with E-state index in [0.29, 0.717) is 24.0 Å². The van der Waals surface area contributed by atoms with Gasteiger partial charge < -0.3 is 10.3 Å². The van der Waals surface area contributed by atoms with E-state index >= 15 is 0 Å². The lowest BCUT2D eigenvalue weighted by Gasteiger charge is -2.32. The highest BCUT2D eigenvalue weighted by Crippen LogP contribution is 2.38. The number of nitrogens with zero attached hydrogens (tertiary/aromatic N) is 4. The molecule has 0 aromatic carbocycles. The fourth-order valence-corrected chi connectivity index (χ4v) is 2.59. The van der Waals surface area contributed by atoms with Crippen molar-refractivity contribution < 1.29 is 4.52 Å². The van der Waals surface area contributed by atoms with Crippen molar-refractivity contribution in [2.24, 2.45) is 5.73 Å². The summed E-state index contributed by atoms with van der Waals surface area (Å²) >= 11 is 0. The summed E-state index contributed by atoms with van der Waals surface area (Å²) in [5.74, 6) is 1.11. The Morgan fingerprint density at radius 1 is 1.33 bits per heavy atom. The van der Waals surface area contributed by atoms with Crippen LogP contribution in [-0.2, 0) is 5.41 Å². The van der Waals surface area contributed by atoms with Crippen molar-refractivity contribution in [3.8, 4) is 11.5 Å². The summed E-state index contributed by atoms with van der Waals surface area (Å²) < 4.78 is 5.40. The van der Waals surface area contributed by atoms with Crippen LogP contribution < -0.4 is 5.73 Å². The van der Waals surface area contributed by atoms with Crippen LogP contribution in [0.3, 0.4) is 0 Å². The lowest BCUT2D eigenvalue weighted by Crippen LogP contribution is -2.37. The summed E-state index contributed by atoms with van der Waals surface area (Å²) in [7, 11) is 0. The molecule has 0 spiro atoms. The van der Waals surface area contributed by atoms with E-state index in [-0.39, 0.29) is 5.41 Å². The predicted octanol–water partition coefficient (Wildman–Crippen LogP) is 1.02. The van der Waals surface area contributed by atoms with E-state index in [9.17, 15) is 0 Å². The van der Waals surface area contributed by atoms with Gasteiger partial charge in [-0.2, -0.15) is 20.4 Å². The number of nitrogens with one attached hydrogen (secondary N) is 1. The van der Waals surface area contributed by atoms with Gasteiger partial charge in [-0.3, -0.25) is 0 Å². The van der Waals surface area contributed by atoms with Gasteiger partial charge in [-0.1, -0.05) is 24.4 Å². The van der Waals surface area contributed by atoms with Crippen molar-refractivity contribution in [1.82, 2.24) is 25.6 Å². The zero-order chi connectivity index (χ0) is 12.4. The van der Waals surface area contributed by atoms with Crippen LogP contribution in [0.4, 0.5) is 0 Å². The van der Waals surface area contributed by atoms with Gasteiger partial charge in [-0.25, -0.2) is 0 Å². The van der Waals surface area contributed by atoms with Gasteiger partial charge in [0.1, 0.15) is 0 Å². The molecule has 0 saturated heterocycles. The van der Waals surface area contributed by atoms with Crippen LogP contribution in [0.15, 0.2) is 10.7 Å². The van der Waals surface area contributed by atoms with Crippen LogP contribution in [0.25, 0.3) is 11.5 Å². The molecule has 1 saturated carbocycles. The second-order valence-electron chi connectivity index (χ2n) is 4.82. The molecule has 3 rings (SSSR count). The summed E-state index contributed by atoms with van der Waals surface area (Å²) in [6.07, 6.45) is 7.20. The van der Waals surface area contributed by atoms with Gasteiger partial charge in [0.05, 0.1) is 11.6 Å². The number of aromatic amines is 1. The summed E-state index contributed by atoms with van der Waals surface area (Å²) in [6, 6.07) is 0. The number of H-pyrrole nitrogens is 1. The zero-order valence-electron chi connectivity index (χ0n) is 10.1. The van der Waals surface area contributed by atoms with Crippen LogP contribution in [0.1, 0.15) is 38.0 Å². The third-order valence-electron chi connectivity index (χ3n) is 3.73. The Morgan fingerprint density at radius 2 is 2.17 bits per heavy atom. The van der Waals surface area contributed by atoms with Crippen molar-refractivity contribution >= 4 is 0 Å². The molecule has 0 amide bonds. The summed E-state index contributed by atoms with van der Waals surface area (Å²) in [5.41, 5.74) is 6.38. The Hall–Kier alpha value is -1.76. The molecule has 0 bridgehead atoms. The molecule has 96 valence electrons. The van der Waals surface area contributed by atoms with Gasteiger partial charge in [0.25, 0.3) is 0 Å². The Balaban J connectivity index is 1.92. The van der Waals surface area contributed by atoms with Crippen LogP contribution in [0, 0.1) is 0 Å². The first-order valence-electron chi connectivity index (χ1n) is 6.24. The Morgan fingerprint density at radius 3 is 2.83 bits per heavy atom. The Kier molecular flexibility index (Phi) is 2.83. The van der Waals surface area contributed by atoms with E-state index in [1.54, 1.807) is 6.20 Å². The minimum absolute atomic E-state index is 0.146. The average Bonchev–Trinajstić information content (AvgIpc) is 3.10. The molecule has 2 aromatic heterocycles. The smallest absolute Gasteiger partial charge is 0.234 e. The van der Waals surface area contributed by atoms with Crippen molar-refractivity contribution in [2.75, 3.05) is 6.54 Å². The number of nitrogens with two attached hydrogens (primary N) is 1. The first-order valence-corrected chi connectivity index (χ1v) is 6.24. The van der Waals surface area contributed by atoms with Gasteiger partial charge in [-0.15, -0.1) is 0 Å². The maximum Gasteiger partial charge on any atom is 0.234 e. The van der Waals surface area contributed by atoms with Crippen LogP contribution >= 0.6 is 0 Å². The lowest BCUT2D eigenvalue weighted by molar-refractivity contribution is 0.220. The summed E-state index contributed by atoms with van der Waals surface area (Å²) in [4.78, 5) is 4.44. The van der Waals surface area contributed by atoms with Crippen molar-refractivity contribution in [1.29, 1.82) is 0 Å². The highest BCUT2D eigenvalue weighted by Gasteiger charge is 2.38. The topological polar surface area (TPSA) is 107 Å². The first kappa shape index (κ1) is 11.3. The molecule has 0 atom stereocenters. The van der Waals surface area contributed by atoms with E-state index in [1.807, 2.05) is 0 Å². The lowest BCUT2D eigenvalue weighted by atomic mass is 9.74. The maximum atomic E-state index is 5.94. The molecule has 7 heteroatoms. The zero-order valence-corrected chi connectivity index (χ0v) is 10.1. The van der Waals surface area contributed by atoms with Gasteiger partial charge >= 0.3 is 0 Å². The van der Waals surface area contributed by atoms with E-state index in [4.69, 9.17) is 10.3 Å². The van der Waals surface area contributed by atoms with Crippen LogP contribution in [0.2, 0.25) is 0 Å². The third kappa shape index (κ3) is 1.80. The van der Waals surface area contributed by atoms with E-state index in [1.165, 1.54) is 19.3 Å². The normalized spacial score (nSPS) is 18.9. The van der Waals surface area contributed by atoms with Crippen LogP contribution in [-0.4, -0.2) is 32.1 Å². The maximum absolute atomic E-state index is 5.94. The minimum Gasteiger partial charge on any atom is -0.338 e. The number of rotatable bonds is 3. The fourth-order valence-electron chi connectivity index (χ4n) is 2.59. The molecule has 7 nitrogen and oxygen atoms in total. The third-order valence-corrected chi connectivity index (χ3v) is 3.73. The standard InChI is InChI=1S/C11H16N6O/c12-7-11(4-2-1-3-5-11)10-14-9(16-18-10)8-6-13-17-15-8/h6H,1-5,7,12H2,(H,13,15,17). The molecule has 1 aliphatic rings. The SMILES string of the molecule is NCC1(c2nc(-c3cn[nH]n3)no2)CCCCC1. The van der Waals surface area contributed by atoms with Crippen molar-refractivity contribution in [2.45, 2.75) is 37.5 Å². The Bertz CT molecular complexity index is 499. The Labute approximate surface area is 104 Å².